The van der Waals surface area contributed by atoms with Crippen molar-refractivity contribution in [2.24, 2.45) is 0 Å². The fourth-order valence-corrected chi connectivity index (χ4v) is 2.82. The molecule has 0 aliphatic heterocycles. The van der Waals surface area contributed by atoms with Crippen LogP contribution >= 0.6 is 0 Å². The van der Waals surface area contributed by atoms with Crippen LogP contribution < -0.4 is 0 Å². The molecule has 0 bridgehead atoms. The second-order valence-corrected chi connectivity index (χ2v) is 5.96. The van der Waals surface area contributed by atoms with Crippen LogP contribution in [0.1, 0.15) is 11.5 Å². The van der Waals surface area contributed by atoms with E-state index in [2.05, 4.69) is 4.98 Å². The topological polar surface area (TPSA) is 31.0 Å². The molecule has 8 heteroatoms. The number of nitrogens with zero attached hydrogens (tertiary/aromatic N) is 2. The van der Waals surface area contributed by atoms with E-state index in [0.717, 1.165) is 18.2 Å². The van der Waals surface area contributed by atoms with Gasteiger partial charge in [-0.25, -0.2) is 8.78 Å². The third kappa shape index (κ3) is 3.30. The van der Waals surface area contributed by atoms with E-state index in [4.69, 9.17) is 4.42 Å². The van der Waals surface area contributed by atoms with E-state index in [-0.39, 0.29) is 12.3 Å². The number of benzene rings is 1. The van der Waals surface area contributed by atoms with Gasteiger partial charge in [-0.1, -0.05) is 6.07 Å². The molecule has 0 radical (unpaired) electrons. The Morgan fingerprint density at radius 2 is 1.74 bits per heavy atom. The van der Waals surface area contributed by atoms with Crippen molar-refractivity contribution in [1.82, 2.24) is 9.55 Å². The largest absolute Gasteiger partial charge is 0.455 e. The van der Waals surface area contributed by atoms with Gasteiger partial charge in [0.05, 0.1) is 17.6 Å². The molecule has 0 saturated heterocycles. The molecule has 0 saturated carbocycles. The molecule has 0 amide bonds. The molecular weight excluding hydrogens is 367 g/mol. The van der Waals surface area contributed by atoms with Gasteiger partial charge in [-0.05, 0) is 42.0 Å². The van der Waals surface area contributed by atoms with Crippen molar-refractivity contribution in [1.29, 1.82) is 0 Å². The number of halogens is 5. The summed E-state index contributed by atoms with van der Waals surface area (Å²) in [7, 11) is 0. The molecule has 1 aromatic carbocycles. The van der Waals surface area contributed by atoms with Gasteiger partial charge in [-0.3, -0.25) is 4.98 Å². The molecule has 4 aromatic rings. The molecule has 3 nitrogen and oxygen atoms in total. The predicted molar refractivity (Wildman–Crippen MR) is 87.9 cm³/mol. The summed E-state index contributed by atoms with van der Waals surface area (Å²) < 4.78 is 71.1. The van der Waals surface area contributed by atoms with Crippen LogP contribution in [0.25, 0.3) is 22.2 Å². The van der Waals surface area contributed by atoms with Crippen molar-refractivity contribution in [2.45, 2.75) is 12.7 Å². The number of aromatic nitrogens is 2. The molecule has 0 aliphatic carbocycles. The van der Waals surface area contributed by atoms with Gasteiger partial charge in [0.2, 0.25) is 5.76 Å². The van der Waals surface area contributed by atoms with Crippen molar-refractivity contribution < 1.29 is 26.4 Å². The SMILES string of the molecule is Fc1ccc(-c2cnc3ccn(Cc4ccc(C(F)(F)F)o4)c3c2)cc1F. The number of pyridine rings is 1. The van der Waals surface area contributed by atoms with Crippen LogP contribution in [-0.4, -0.2) is 9.55 Å². The highest BCUT2D eigenvalue weighted by Gasteiger charge is 2.34. The van der Waals surface area contributed by atoms with Gasteiger partial charge in [0, 0.05) is 18.0 Å². The molecule has 0 aliphatic rings. The Hall–Kier alpha value is -3.16. The van der Waals surface area contributed by atoms with Gasteiger partial charge in [-0.15, -0.1) is 0 Å². The number of alkyl halides is 3. The van der Waals surface area contributed by atoms with E-state index in [0.29, 0.717) is 22.2 Å². The lowest BCUT2D eigenvalue weighted by atomic mass is 10.1. The zero-order chi connectivity index (χ0) is 19.2. The van der Waals surface area contributed by atoms with Crippen molar-refractivity contribution in [3.05, 3.63) is 78.0 Å². The Balaban J connectivity index is 1.70. The van der Waals surface area contributed by atoms with Crippen LogP contribution in [0.2, 0.25) is 0 Å². The monoisotopic (exact) mass is 378 g/mol. The molecule has 0 fully saturated rings. The molecular formula is C19H11F5N2O. The summed E-state index contributed by atoms with van der Waals surface area (Å²) in [4.78, 5) is 4.27. The molecule has 0 N–H and O–H groups in total. The third-order valence-electron chi connectivity index (χ3n) is 4.14. The Morgan fingerprint density at radius 3 is 2.44 bits per heavy atom. The minimum Gasteiger partial charge on any atom is -0.455 e. The summed E-state index contributed by atoms with van der Waals surface area (Å²) in [6.45, 7) is 0.0719. The zero-order valence-corrected chi connectivity index (χ0v) is 13.6. The van der Waals surface area contributed by atoms with E-state index >= 15 is 0 Å². The van der Waals surface area contributed by atoms with Gasteiger partial charge in [0.25, 0.3) is 0 Å². The summed E-state index contributed by atoms with van der Waals surface area (Å²) in [6, 6.07) is 9.08. The van der Waals surface area contributed by atoms with Crippen molar-refractivity contribution in [3.63, 3.8) is 0 Å². The number of fused-ring (bicyclic) bond motifs is 1. The van der Waals surface area contributed by atoms with E-state index in [1.807, 2.05) is 0 Å². The molecule has 0 spiro atoms. The molecule has 3 heterocycles. The highest BCUT2D eigenvalue weighted by molar-refractivity contribution is 5.81. The Bertz CT molecular complexity index is 1130. The van der Waals surface area contributed by atoms with Crippen LogP contribution in [0.3, 0.4) is 0 Å². The second kappa shape index (κ2) is 6.22. The molecule has 4 rings (SSSR count). The zero-order valence-electron chi connectivity index (χ0n) is 13.6. The minimum atomic E-state index is -4.54. The van der Waals surface area contributed by atoms with Gasteiger partial charge in [0.15, 0.2) is 11.6 Å². The van der Waals surface area contributed by atoms with Gasteiger partial charge >= 0.3 is 6.18 Å². The summed E-state index contributed by atoms with van der Waals surface area (Å²) >= 11 is 0. The second-order valence-electron chi connectivity index (χ2n) is 5.96. The summed E-state index contributed by atoms with van der Waals surface area (Å²) in [5, 5.41) is 0. The van der Waals surface area contributed by atoms with E-state index in [9.17, 15) is 22.0 Å². The maximum atomic E-state index is 13.5. The number of hydrogen-bond donors (Lipinski definition) is 0. The Morgan fingerprint density at radius 1 is 0.926 bits per heavy atom. The van der Waals surface area contributed by atoms with Crippen molar-refractivity contribution in [2.75, 3.05) is 0 Å². The van der Waals surface area contributed by atoms with Gasteiger partial charge in [-0.2, -0.15) is 13.2 Å². The lowest BCUT2D eigenvalue weighted by Crippen LogP contribution is -2.02. The first-order valence-corrected chi connectivity index (χ1v) is 7.87. The number of furan rings is 1. The average Bonchev–Trinajstić information content (AvgIpc) is 3.25. The molecule has 0 atom stereocenters. The van der Waals surface area contributed by atoms with Gasteiger partial charge in [0.1, 0.15) is 5.76 Å². The number of hydrogen-bond acceptors (Lipinski definition) is 2. The van der Waals surface area contributed by atoms with E-state index < -0.39 is 23.6 Å². The molecule has 27 heavy (non-hydrogen) atoms. The lowest BCUT2D eigenvalue weighted by molar-refractivity contribution is -0.153. The Labute approximate surface area is 149 Å². The van der Waals surface area contributed by atoms with E-state index in [1.54, 1.807) is 22.9 Å². The van der Waals surface area contributed by atoms with Crippen LogP contribution in [0, 0.1) is 11.6 Å². The minimum absolute atomic E-state index is 0.0719. The highest BCUT2D eigenvalue weighted by Crippen LogP contribution is 2.31. The third-order valence-corrected chi connectivity index (χ3v) is 4.14. The summed E-state index contributed by atoms with van der Waals surface area (Å²) in [5.74, 6) is -2.85. The van der Waals surface area contributed by atoms with Crippen LogP contribution in [0.5, 0.6) is 0 Å². The maximum absolute atomic E-state index is 13.5. The molecule has 3 aromatic heterocycles. The molecule has 138 valence electrons. The van der Waals surface area contributed by atoms with E-state index in [1.165, 1.54) is 18.3 Å². The fourth-order valence-electron chi connectivity index (χ4n) is 2.82. The van der Waals surface area contributed by atoms with Gasteiger partial charge < -0.3 is 8.98 Å². The smallest absolute Gasteiger partial charge is 0.449 e. The van der Waals surface area contributed by atoms with Crippen LogP contribution in [-0.2, 0) is 12.7 Å². The Kier molecular flexibility index (Phi) is 3.98. The first kappa shape index (κ1) is 17.3. The number of rotatable bonds is 3. The predicted octanol–water partition coefficient (Wildman–Crippen LogP) is 5.64. The fraction of sp³-hybridized carbons (Fsp3) is 0.105. The normalized spacial score (nSPS) is 12.0. The van der Waals surface area contributed by atoms with Crippen molar-refractivity contribution in [3.8, 4) is 11.1 Å². The average molecular weight is 378 g/mol. The van der Waals surface area contributed by atoms with Crippen LogP contribution in [0.4, 0.5) is 22.0 Å². The first-order chi connectivity index (χ1) is 12.8. The lowest BCUT2D eigenvalue weighted by Gasteiger charge is -2.06. The maximum Gasteiger partial charge on any atom is 0.449 e. The summed E-state index contributed by atoms with van der Waals surface area (Å²) in [5.41, 5.74) is 2.23. The van der Waals surface area contributed by atoms with Crippen molar-refractivity contribution >= 4 is 11.0 Å². The van der Waals surface area contributed by atoms with Crippen LogP contribution in [0.15, 0.2) is 59.3 Å². The summed E-state index contributed by atoms with van der Waals surface area (Å²) in [6.07, 6.45) is -1.35. The standard InChI is InChI=1S/C19H11F5N2O/c20-14-3-1-11(7-15(14)21)12-8-17-16(25-9-12)5-6-26(17)10-13-2-4-18(27-13)19(22,23)24/h1-9H,10H2. The quantitative estimate of drug-likeness (QED) is 0.432. The molecule has 0 unspecified atom stereocenters. The highest BCUT2D eigenvalue weighted by atomic mass is 19.4. The first-order valence-electron chi connectivity index (χ1n) is 7.87.